The first-order valence-electron chi connectivity index (χ1n) is 17.9. The second-order valence-electron chi connectivity index (χ2n) is 18.8. The number of aliphatic hydroxyl groups excluding tert-OH is 1. The van der Waals surface area contributed by atoms with Crippen molar-refractivity contribution in [2.45, 2.75) is 142 Å². The van der Waals surface area contributed by atoms with Crippen molar-refractivity contribution in [1.29, 1.82) is 0 Å². The molecule has 226 valence electrons. The molecule has 1 spiro atoms. The maximum atomic E-state index is 7.57. The Balaban J connectivity index is 0.000000671. The van der Waals surface area contributed by atoms with Crippen LogP contribution < -0.4 is 10.6 Å². The molecule has 12 aliphatic rings. The second kappa shape index (κ2) is 4.28. The molecule has 42 heavy (non-hydrogen) atoms. The van der Waals surface area contributed by atoms with Crippen molar-refractivity contribution in [3.63, 3.8) is 0 Å². The van der Waals surface area contributed by atoms with E-state index in [2.05, 4.69) is 67.6 Å². The Bertz CT molecular complexity index is 1810. The average molecular weight is 641 g/mol. The van der Waals surface area contributed by atoms with Gasteiger partial charge in [0.05, 0.1) is 0 Å². The molecule has 2 aliphatic carbocycles. The molecule has 6 atom stereocenters. The van der Waals surface area contributed by atoms with Crippen LogP contribution in [0.4, 0.5) is 0 Å². The summed E-state index contributed by atoms with van der Waals surface area (Å²) in [6, 6.07) is 24.7. The summed E-state index contributed by atoms with van der Waals surface area (Å²) >= 11 is 0. The molecule has 2 aromatic carbocycles. The van der Waals surface area contributed by atoms with Gasteiger partial charge in [-0.1, -0.05) is 0 Å². The number of rotatable bonds is 7. The Labute approximate surface area is 246 Å². The van der Waals surface area contributed by atoms with Crippen molar-refractivity contribution < 1.29 is 11.6 Å². The van der Waals surface area contributed by atoms with Gasteiger partial charge < -0.3 is 5.11 Å². The zero-order valence-corrected chi connectivity index (χ0v) is 28.5. The van der Waals surface area contributed by atoms with Crippen LogP contribution in [0.3, 0.4) is 0 Å². The average Bonchev–Trinajstić information content (AvgIpc) is 3.99. The fourth-order valence-electron chi connectivity index (χ4n) is 24.0. The Morgan fingerprint density at radius 3 is 1.50 bits per heavy atom. The van der Waals surface area contributed by atoms with Crippen LogP contribution in [0.5, 0.6) is 0 Å². The summed E-state index contributed by atoms with van der Waals surface area (Å²) in [5.74, 6) is 0. The van der Waals surface area contributed by atoms with Crippen molar-refractivity contribution in [3.8, 4) is 0 Å². The zero-order valence-electron chi connectivity index (χ0n) is 25.6. The summed E-state index contributed by atoms with van der Waals surface area (Å²) in [5, 5.41) is 11.2. The van der Waals surface area contributed by atoms with Crippen LogP contribution in [-0.2, 0) is 6.51 Å². The van der Waals surface area contributed by atoms with Crippen molar-refractivity contribution in [2.24, 2.45) is 0 Å². The van der Waals surface area contributed by atoms with Gasteiger partial charge in [0.25, 0.3) is 0 Å². The topological polar surface area (TPSA) is 20.2 Å². The first-order valence-corrected chi connectivity index (χ1v) is 27.0. The number of hydrogen-bond acceptors (Lipinski definition) is 1. The number of aliphatic hydroxyl groups is 1. The second-order valence-corrected chi connectivity index (χ2v) is 48.0. The van der Waals surface area contributed by atoms with Gasteiger partial charge in [-0.25, -0.2) is 0 Å². The largest absolute Gasteiger partial charge is 0.397 e. The number of fused-ring (bicyclic) bond motifs is 10. The van der Waals surface area contributed by atoms with Crippen LogP contribution in [-0.4, -0.2) is 32.7 Å². The third kappa shape index (κ3) is 0.708. The first-order chi connectivity index (χ1) is 20.4. The summed E-state index contributed by atoms with van der Waals surface area (Å²) < 4.78 is 1.86. The van der Waals surface area contributed by atoms with E-state index in [1.807, 2.05) is 0 Å². The SMILES string of the molecule is CC(P(C1CCCCC1)C1CCCCC1)[C@]12[CH]3[CH]4[CH]5[C]1(P(c1ccccc1)c1ccccc1)[Fe]45321678[CH]2[CH]1[CH]6[CH]7[CH]28.CCO. The van der Waals surface area contributed by atoms with E-state index in [0.717, 1.165) is 25.3 Å². The minimum Gasteiger partial charge on any atom is -0.397 e. The quantitative estimate of drug-likeness (QED) is 0.236. The van der Waals surface area contributed by atoms with Crippen LogP contribution in [0, 0.1) is 0 Å². The molecule has 0 radical (unpaired) electrons. The number of hydrogen-bond donors (Lipinski definition) is 1. The molecule has 0 aromatic heterocycles. The van der Waals surface area contributed by atoms with Crippen LogP contribution in [0.2, 0.25) is 42.8 Å². The fourth-order valence-corrected chi connectivity index (χ4v) is 123. The number of benzene rings is 2. The molecule has 0 bridgehead atoms. The van der Waals surface area contributed by atoms with E-state index in [4.69, 9.17) is 5.11 Å². The summed E-state index contributed by atoms with van der Waals surface area (Å²) in [4.78, 5) is 11.2. The van der Waals surface area contributed by atoms with Gasteiger partial charge in [-0.3, -0.25) is 0 Å². The summed E-state index contributed by atoms with van der Waals surface area (Å²) in [7, 11) is -0.0119. The van der Waals surface area contributed by atoms with Gasteiger partial charge in [0.15, 0.2) is 0 Å². The molecule has 2 aromatic rings. The normalized spacial score (nSPS) is 62.9. The smallest absolute Gasteiger partial charge is 0.0402 e. The molecular formula is C38H50FeOP2. The van der Waals surface area contributed by atoms with Gasteiger partial charge in [-0.15, -0.1) is 0 Å². The van der Waals surface area contributed by atoms with Gasteiger partial charge in [0, 0.05) is 6.61 Å². The monoisotopic (exact) mass is 640 g/mol. The van der Waals surface area contributed by atoms with E-state index < -0.39 is 6.51 Å². The van der Waals surface area contributed by atoms with Crippen molar-refractivity contribution in [2.75, 3.05) is 6.61 Å². The molecule has 2 saturated carbocycles. The first kappa shape index (κ1) is 24.0. The van der Waals surface area contributed by atoms with Gasteiger partial charge >= 0.3 is 229 Å². The van der Waals surface area contributed by atoms with Crippen molar-refractivity contribution in [1.82, 2.24) is 0 Å². The molecule has 1 N–H and O–H groups in total. The third-order valence-corrected chi connectivity index (χ3v) is 76.7. The van der Waals surface area contributed by atoms with Crippen LogP contribution in [0.25, 0.3) is 0 Å². The molecule has 10 saturated heterocycles. The van der Waals surface area contributed by atoms with Crippen LogP contribution in [0.1, 0.15) is 78.1 Å². The maximum Gasteiger partial charge on any atom is 0.0402 e. The minimum atomic E-state index is -3.65. The molecule has 4 heteroatoms. The minimum absolute atomic E-state index is 0.187. The van der Waals surface area contributed by atoms with E-state index in [1.54, 1.807) is 68.9 Å². The Morgan fingerprint density at radius 2 is 1.12 bits per heavy atom. The molecule has 1 nitrogen and oxygen atoms in total. The molecular weight excluding hydrogens is 590 g/mol. The molecule has 10 aliphatic heterocycles. The predicted molar refractivity (Wildman–Crippen MR) is 177 cm³/mol. The van der Waals surface area contributed by atoms with Gasteiger partial charge in [-0.05, 0) is 6.92 Å². The standard InChI is InChI=1S/C31H39P2.C5H5.C2H6O.Fe/c1-25(32(26-15-6-2-7-16-26)27-17-8-3-9-18-27)30-23-14-24-31(30)33(28-19-10-4-11-20-28)29-21-12-5-13-22-29;1-2-4-5-3-1;1-2-3;/h4-5,10-14,19-27H,2-3,6-9,15-18H2,1H3;1-5H;3H,2H2,1H3;. The molecule has 0 amide bonds. The molecule has 14 rings (SSSR count). The van der Waals surface area contributed by atoms with Gasteiger partial charge in [0.2, 0.25) is 0 Å². The van der Waals surface area contributed by atoms with E-state index in [0.29, 0.717) is 0 Å². The van der Waals surface area contributed by atoms with Gasteiger partial charge in [-0.2, -0.15) is 0 Å². The Morgan fingerprint density at radius 1 is 0.690 bits per heavy atom. The van der Waals surface area contributed by atoms with Crippen molar-refractivity contribution >= 4 is 26.5 Å². The Kier molecular flexibility index (Phi) is 2.45. The van der Waals surface area contributed by atoms with E-state index >= 15 is 0 Å². The maximum absolute atomic E-state index is 7.57. The summed E-state index contributed by atoms with van der Waals surface area (Å²) in [6.07, 6.45) is 15.8. The third-order valence-electron chi connectivity index (χ3n) is 22.3. The van der Waals surface area contributed by atoms with Crippen LogP contribution >= 0.6 is 15.8 Å². The van der Waals surface area contributed by atoms with Crippen LogP contribution in [0.15, 0.2) is 60.7 Å². The zero-order chi connectivity index (χ0) is 27.8. The van der Waals surface area contributed by atoms with Crippen molar-refractivity contribution in [3.05, 3.63) is 60.7 Å². The molecule has 12 fully saturated rings. The molecule has 5 unspecified atom stereocenters. The summed E-state index contributed by atoms with van der Waals surface area (Å²) in [5.41, 5.74) is 3.42. The molecule has 10 heterocycles. The van der Waals surface area contributed by atoms with E-state index in [1.165, 1.54) is 51.4 Å². The predicted octanol–water partition coefficient (Wildman–Crippen LogP) is 10.3. The Hall–Kier alpha value is -0.221. The summed E-state index contributed by atoms with van der Waals surface area (Å²) in [6.45, 7) is 1.31. The van der Waals surface area contributed by atoms with E-state index in [9.17, 15) is 0 Å². The fraction of sp³-hybridized carbons (Fsp3) is 0.684. The van der Waals surface area contributed by atoms with E-state index in [-0.39, 0.29) is 22.5 Å². The van der Waals surface area contributed by atoms with Gasteiger partial charge in [0.1, 0.15) is 0 Å².